The summed E-state index contributed by atoms with van der Waals surface area (Å²) < 4.78 is 5.00. The van der Waals surface area contributed by atoms with Crippen molar-refractivity contribution in [3.63, 3.8) is 0 Å². The van der Waals surface area contributed by atoms with Crippen molar-refractivity contribution in [2.75, 3.05) is 6.61 Å². The molecule has 1 aromatic rings. The zero-order valence-corrected chi connectivity index (χ0v) is 9.61. The summed E-state index contributed by atoms with van der Waals surface area (Å²) in [6.45, 7) is 2.31. The molecular formula is C13H17NO2. The molecule has 1 aromatic heterocycles. The number of fused-ring (bicyclic) bond motifs is 1. The van der Waals surface area contributed by atoms with Crippen molar-refractivity contribution in [2.45, 2.75) is 38.5 Å². The zero-order chi connectivity index (χ0) is 11.4. The van der Waals surface area contributed by atoms with Crippen LogP contribution in [0.15, 0.2) is 18.3 Å². The van der Waals surface area contributed by atoms with E-state index in [9.17, 15) is 4.79 Å². The van der Waals surface area contributed by atoms with Crippen molar-refractivity contribution in [1.29, 1.82) is 0 Å². The smallest absolute Gasteiger partial charge is 0.306 e. The van der Waals surface area contributed by atoms with Crippen LogP contribution in [-0.2, 0) is 16.0 Å². The monoisotopic (exact) mass is 219 g/mol. The number of esters is 1. The van der Waals surface area contributed by atoms with Gasteiger partial charge in [0.15, 0.2) is 0 Å². The number of hydrogen-bond donors (Lipinski definition) is 0. The molecular weight excluding hydrogens is 202 g/mol. The van der Waals surface area contributed by atoms with Crippen LogP contribution in [0.1, 0.15) is 43.4 Å². The van der Waals surface area contributed by atoms with E-state index in [4.69, 9.17) is 4.74 Å². The standard InChI is InChI=1S/C13H17NO2/c1-2-16-13(15)9-10-5-3-7-12-11(10)6-4-8-14-12/h4,6,8,10H,2-3,5,7,9H2,1H3/t10-/m0/s1. The summed E-state index contributed by atoms with van der Waals surface area (Å²) in [5.74, 6) is 0.209. The summed E-state index contributed by atoms with van der Waals surface area (Å²) in [6.07, 6.45) is 5.54. The van der Waals surface area contributed by atoms with Crippen LogP contribution in [0.2, 0.25) is 0 Å². The summed E-state index contributed by atoms with van der Waals surface area (Å²) in [5, 5.41) is 0. The highest BCUT2D eigenvalue weighted by atomic mass is 16.5. The molecule has 0 radical (unpaired) electrons. The van der Waals surface area contributed by atoms with Crippen LogP contribution < -0.4 is 0 Å². The molecule has 1 heterocycles. The van der Waals surface area contributed by atoms with Gasteiger partial charge in [-0.2, -0.15) is 0 Å². The third-order valence-electron chi connectivity index (χ3n) is 3.05. The topological polar surface area (TPSA) is 39.2 Å². The number of hydrogen-bond acceptors (Lipinski definition) is 3. The van der Waals surface area contributed by atoms with E-state index in [1.165, 1.54) is 5.56 Å². The molecule has 0 fully saturated rings. The van der Waals surface area contributed by atoms with Crippen LogP contribution in [0.5, 0.6) is 0 Å². The van der Waals surface area contributed by atoms with Gasteiger partial charge in [0, 0.05) is 11.9 Å². The van der Waals surface area contributed by atoms with Crippen molar-refractivity contribution < 1.29 is 9.53 Å². The fourth-order valence-corrected chi connectivity index (χ4v) is 2.34. The Labute approximate surface area is 95.8 Å². The average molecular weight is 219 g/mol. The van der Waals surface area contributed by atoms with Crippen LogP contribution in [0.3, 0.4) is 0 Å². The van der Waals surface area contributed by atoms with Crippen LogP contribution in [0.4, 0.5) is 0 Å². The predicted molar refractivity (Wildman–Crippen MR) is 61.2 cm³/mol. The summed E-state index contributed by atoms with van der Waals surface area (Å²) in [4.78, 5) is 15.8. The van der Waals surface area contributed by atoms with Crippen molar-refractivity contribution in [2.24, 2.45) is 0 Å². The van der Waals surface area contributed by atoms with Gasteiger partial charge in [0.05, 0.1) is 13.0 Å². The maximum Gasteiger partial charge on any atom is 0.306 e. The average Bonchev–Trinajstić information content (AvgIpc) is 2.30. The first-order valence-electron chi connectivity index (χ1n) is 5.90. The van der Waals surface area contributed by atoms with Crippen molar-refractivity contribution >= 4 is 5.97 Å². The Kier molecular flexibility index (Phi) is 3.54. The van der Waals surface area contributed by atoms with E-state index in [0.29, 0.717) is 18.9 Å². The fraction of sp³-hybridized carbons (Fsp3) is 0.538. The highest BCUT2D eigenvalue weighted by molar-refractivity contribution is 5.70. The van der Waals surface area contributed by atoms with Gasteiger partial charge in [0.2, 0.25) is 0 Å². The number of rotatable bonds is 3. The molecule has 3 heteroatoms. The Bertz CT molecular complexity index is 376. The van der Waals surface area contributed by atoms with Crippen LogP contribution >= 0.6 is 0 Å². The minimum Gasteiger partial charge on any atom is -0.466 e. The van der Waals surface area contributed by atoms with E-state index in [-0.39, 0.29) is 5.97 Å². The van der Waals surface area contributed by atoms with E-state index in [0.717, 1.165) is 25.0 Å². The highest BCUT2D eigenvalue weighted by Crippen LogP contribution is 2.32. The number of carbonyl (C=O) groups excluding carboxylic acids is 1. The van der Waals surface area contributed by atoms with Crippen molar-refractivity contribution in [3.05, 3.63) is 29.6 Å². The molecule has 0 aliphatic heterocycles. The molecule has 3 nitrogen and oxygen atoms in total. The largest absolute Gasteiger partial charge is 0.466 e. The van der Waals surface area contributed by atoms with Gasteiger partial charge in [-0.1, -0.05) is 6.07 Å². The van der Waals surface area contributed by atoms with E-state index < -0.39 is 0 Å². The zero-order valence-electron chi connectivity index (χ0n) is 9.61. The molecule has 0 saturated carbocycles. The first-order valence-corrected chi connectivity index (χ1v) is 5.90. The Morgan fingerprint density at radius 2 is 2.50 bits per heavy atom. The Hall–Kier alpha value is -1.38. The summed E-state index contributed by atoms with van der Waals surface area (Å²) in [6, 6.07) is 4.04. The summed E-state index contributed by atoms with van der Waals surface area (Å²) >= 11 is 0. The van der Waals surface area contributed by atoms with Crippen LogP contribution in [0.25, 0.3) is 0 Å². The number of aromatic nitrogens is 1. The van der Waals surface area contributed by atoms with Gasteiger partial charge in [-0.15, -0.1) is 0 Å². The van der Waals surface area contributed by atoms with Gasteiger partial charge in [0.25, 0.3) is 0 Å². The van der Waals surface area contributed by atoms with E-state index in [2.05, 4.69) is 11.1 Å². The molecule has 1 atom stereocenters. The SMILES string of the molecule is CCOC(=O)C[C@@H]1CCCc2ncccc21. The van der Waals surface area contributed by atoms with Crippen LogP contribution in [0, 0.1) is 0 Å². The molecule has 1 aliphatic carbocycles. The lowest BCUT2D eigenvalue weighted by Crippen LogP contribution is -2.16. The molecule has 0 amide bonds. The lowest BCUT2D eigenvalue weighted by Gasteiger charge is -2.23. The highest BCUT2D eigenvalue weighted by Gasteiger charge is 2.23. The van der Waals surface area contributed by atoms with Gasteiger partial charge < -0.3 is 4.74 Å². The normalized spacial score (nSPS) is 18.9. The number of aryl methyl sites for hydroxylation is 1. The maximum absolute atomic E-state index is 11.5. The first kappa shape index (κ1) is 11.1. The molecule has 0 spiro atoms. The molecule has 86 valence electrons. The van der Waals surface area contributed by atoms with Gasteiger partial charge in [-0.25, -0.2) is 0 Å². The first-order chi connectivity index (χ1) is 7.81. The number of nitrogens with zero attached hydrogens (tertiary/aromatic N) is 1. The summed E-state index contributed by atoms with van der Waals surface area (Å²) in [5.41, 5.74) is 2.39. The van der Waals surface area contributed by atoms with Crippen molar-refractivity contribution in [3.8, 4) is 0 Å². The lowest BCUT2D eigenvalue weighted by atomic mass is 9.84. The fourth-order valence-electron chi connectivity index (χ4n) is 2.34. The second-order valence-corrected chi connectivity index (χ2v) is 4.14. The van der Waals surface area contributed by atoms with E-state index in [1.807, 2.05) is 19.2 Å². The van der Waals surface area contributed by atoms with E-state index in [1.54, 1.807) is 0 Å². The molecule has 0 aromatic carbocycles. The minimum absolute atomic E-state index is 0.0933. The van der Waals surface area contributed by atoms with Gasteiger partial charge in [-0.05, 0) is 43.7 Å². The second-order valence-electron chi connectivity index (χ2n) is 4.14. The number of ether oxygens (including phenoxy) is 1. The quantitative estimate of drug-likeness (QED) is 0.733. The Morgan fingerprint density at radius 3 is 3.31 bits per heavy atom. The third-order valence-corrected chi connectivity index (χ3v) is 3.05. The predicted octanol–water partition coefficient (Wildman–Crippen LogP) is 2.45. The Morgan fingerprint density at radius 1 is 1.62 bits per heavy atom. The van der Waals surface area contributed by atoms with Crippen LogP contribution in [-0.4, -0.2) is 17.6 Å². The summed E-state index contributed by atoms with van der Waals surface area (Å²) in [7, 11) is 0. The number of carbonyl (C=O) groups is 1. The van der Waals surface area contributed by atoms with E-state index >= 15 is 0 Å². The lowest BCUT2D eigenvalue weighted by molar-refractivity contribution is -0.143. The van der Waals surface area contributed by atoms with Crippen molar-refractivity contribution in [1.82, 2.24) is 4.98 Å². The minimum atomic E-state index is -0.0933. The molecule has 0 bridgehead atoms. The molecule has 2 rings (SSSR count). The molecule has 16 heavy (non-hydrogen) atoms. The number of pyridine rings is 1. The molecule has 0 unspecified atom stereocenters. The molecule has 0 saturated heterocycles. The second kappa shape index (κ2) is 5.10. The molecule has 0 N–H and O–H groups in total. The maximum atomic E-state index is 11.5. The van der Waals surface area contributed by atoms with Gasteiger partial charge in [-0.3, -0.25) is 9.78 Å². The molecule has 1 aliphatic rings. The Balaban J connectivity index is 2.10. The van der Waals surface area contributed by atoms with Gasteiger partial charge >= 0.3 is 5.97 Å². The third kappa shape index (κ3) is 2.40. The van der Waals surface area contributed by atoms with Gasteiger partial charge in [0.1, 0.15) is 0 Å².